The Morgan fingerprint density at radius 2 is 2.00 bits per heavy atom. The fourth-order valence-electron chi connectivity index (χ4n) is 3.70. The number of carboxylic acid groups (broad SMARTS) is 1. The van der Waals surface area contributed by atoms with Gasteiger partial charge in [0.25, 0.3) is 0 Å². The number of para-hydroxylation sites is 1. The number of amides is 2. The van der Waals surface area contributed by atoms with E-state index in [1.54, 1.807) is 13.1 Å². The quantitative estimate of drug-likeness (QED) is 0.665. The third kappa shape index (κ3) is 2.53. The van der Waals surface area contributed by atoms with Crippen LogP contribution in [0.2, 0.25) is 0 Å². The van der Waals surface area contributed by atoms with Crippen LogP contribution in [-0.4, -0.2) is 44.9 Å². The van der Waals surface area contributed by atoms with Gasteiger partial charge in [-0.2, -0.15) is 9.28 Å². The summed E-state index contributed by atoms with van der Waals surface area (Å²) in [5.41, 5.74) is 1.42. The first-order chi connectivity index (χ1) is 11.5. The van der Waals surface area contributed by atoms with Gasteiger partial charge in [0.2, 0.25) is 0 Å². The number of nitrogens with zero attached hydrogens (tertiary/aromatic N) is 1. The molecule has 1 aliphatic rings. The van der Waals surface area contributed by atoms with Crippen LogP contribution < -0.4 is 0 Å². The van der Waals surface area contributed by atoms with Crippen molar-refractivity contribution in [3.05, 3.63) is 36.0 Å². The van der Waals surface area contributed by atoms with E-state index in [-0.39, 0.29) is 30.6 Å². The van der Waals surface area contributed by atoms with Gasteiger partial charge in [-0.05, 0) is 13.0 Å². The smallest absolute Gasteiger partial charge is 0.435 e. The van der Waals surface area contributed by atoms with Gasteiger partial charge in [-0.25, -0.2) is 4.79 Å². The molecule has 126 valence electrons. The molecule has 1 unspecified atom stereocenters. The molecule has 0 bridgehead atoms. The molecule has 2 aromatic rings. The predicted molar refractivity (Wildman–Crippen MR) is 88.7 cm³/mol. The summed E-state index contributed by atoms with van der Waals surface area (Å²) in [5.74, 6) is -0.517. The lowest BCUT2D eigenvalue weighted by molar-refractivity contribution is -0.792. The molecule has 1 saturated heterocycles. The van der Waals surface area contributed by atoms with Gasteiger partial charge in [0, 0.05) is 41.9 Å². The number of imide groups is 1. The number of likely N-dealkylation sites (tertiary alicyclic amines) is 1. The highest BCUT2D eigenvalue weighted by Crippen LogP contribution is 2.29. The summed E-state index contributed by atoms with van der Waals surface area (Å²) in [6.07, 6.45) is 1.96. The number of aromatic nitrogens is 1. The van der Waals surface area contributed by atoms with Crippen LogP contribution in [0.5, 0.6) is 0 Å². The topological polar surface area (TPSA) is 87.2 Å². The van der Waals surface area contributed by atoms with Crippen LogP contribution in [0.15, 0.2) is 30.5 Å². The highest BCUT2D eigenvalue weighted by Gasteiger charge is 2.52. The van der Waals surface area contributed by atoms with E-state index in [0.717, 1.165) is 17.3 Å². The van der Waals surface area contributed by atoms with E-state index >= 15 is 0 Å². The van der Waals surface area contributed by atoms with Crippen molar-refractivity contribution < 1.29 is 24.0 Å². The normalized spacial score (nSPS) is 23.5. The number of Topliss-reactive ketones (excluding diaryl/α,β-unsaturated/α-hetero) is 1. The van der Waals surface area contributed by atoms with Crippen LogP contribution in [0, 0.1) is 0 Å². The fraction of sp³-hybridized carbons (Fsp3) is 0.389. The standard InChI is InChI=1S/C18H20N2O4/c1-12-5-4-10-20(12,18(23)24)17(22)9-8-16(21)14-11-19-15-7-3-2-6-13(14)15/h2-3,6-7,11-12H,4-5,8-10H2,1H3,(H-,19,21,23,24)/p+1/t12-,20?/m1/s1. The summed E-state index contributed by atoms with van der Waals surface area (Å²) < 4.78 is -0.541. The minimum absolute atomic E-state index is 0.0285. The van der Waals surface area contributed by atoms with E-state index in [4.69, 9.17) is 0 Å². The molecule has 1 aromatic carbocycles. The van der Waals surface area contributed by atoms with Crippen LogP contribution in [0.3, 0.4) is 0 Å². The summed E-state index contributed by atoms with van der Waals surface area (Å²) >= 11 is 0. The van der Waals surface area contributed by atoms with Crippen molar-refractivity contribution in [3.8, 4) is 0 Å². The second-order valence-corrected chi connectivity index (χ2v) is 6.43. The highest BCUT2D eigenvalue weighted by atomic mass is 16.4. The van der Waals surface area contributed by atoms with Crippen LogP contribution >= 0.6 is 0 Å². The van der Waals surface area contributed by atoms with Crippen molar-refractivity contribution >= 4 is 28.7 Å². The molecule has 0 spiro atoms. The van der Waals surface area contributed by atoms with Gasteiger partial charge >= 0.3 is 12.0 Å². The molecule has 2 amide bonds. The van der Waals surface area contributed by atoms with Gasteiger partial charge in [-0.15, -0.1) is 0 Å². The van der Waals surface area contributed by atoms with Crippen LogP contribution in [-0.2, 0) is 4.79 Å². The van der Waals surface area contributed by atoms with E-state index in [0.29, 0.717) is 18.5 Å². The van der Waals surface area contributed by atoms with Crippen molar-refractivity contribution in [2.24, 2.45) is 0 Å². The van der Waals surface area contributed by atoms with Crippen molar-refractivity contribution in [2.45, 2.75) is 38.6 Å². The highest BCUT2D eigenvalue weighted by molar-refractivity contribution is 6.08. The van der Waals surface area contributed by atoms with Crippen molar-refractivity contribution in [2.75, 3.05) is 6.54 Å². The number of rotatable bonds is 4. The number of carbonyl (C=O) groups excluding carboxylic acids is 2. The Hall–Kier alpha value is -2.47. The first-order valence-electron chi connectivity index (χ1n) is 8.21. The molecule has 6 heteroatoms. The monoisotopic (exact) mass is 329 g/mol. The first-order valence-corrected chi connectivity index (χ1v) is 8.21. The average Bonchev–Trinajstić information content (AvgIpc) is 3.16. The summed E-state index contributed by atoms with van der Waals surface area (Å²) in [6.45, 7) is 2.11. The summed E-state index contributed by atoms with van der Waals surface area (Å²) in [7, 11) is 0. The van der Waals surface area contributed by atoms with E-state index < -0.39 is 10.6 Å². The zero-order valence-electron chi connectivity index (χ0n) is 13.6. The summed E-state index contributed by atoms with van der Waals surface area (Å²) in [5, 5.41) is 10.4. The average molecular weight is 329 g/mol. The Bertz CT molecular complexity index is 810. The molecule has 3 rings (SSSR count). The SMILES string of the molecule is C[C@@H]1CCC[N+]1(C(=O)O)C(=O)CCC(=O)c1c[nH]c2ccccc12. The number of quaternary nitrogens is 1. The second kappa shape index (κ2) is 6.20. The van der Waals surface area contributed by atoms with Crippen molar-refractivity contribution in [1.29, 1.82) is 0 Å². The maximum Gasteiger partial charge on any atom is 0.521 e. The van der Waals surface area contributed by atoms with E-state index in [1.165, 1.54) is 0 Å². The number of benzene rings is 1. The number of nitrogens with one attached hydrogen (secondary N) is 1. The first kappa shape index (κ1) is 16.4. The van der Waals surface area contributed by atoms with Gasteiger partial charge in [0.05, 0.1) is 13.0 Å². The molecular formula is C18H21N2O4+. The third-order valence-electron chi connectivity index (χ3n) is 5.13. The fourth-order valence-corrected chi connectivity index (χ4v) is 3.70. The third-order valence-corrected chi connectivity index (χ3v) is 5.13. The number of carbonyl (C=O) groups is 3. The Morgan fingerprint density at radius 3 is 2.67 bits per heavy atom. The molecule has 0 aliphatic carbocycles. The Kier molecular flexibility index (Phi) is 4.24. The summed E-state index contributed by atoms with van der Waals surface area (Å²) in [6, 6.07) is 7.24. The zero-order chi connectivity index (χ0) is 17.3. The van der Waals surface area contributed by atoms with Gasteiger partial charge in [0.1, 0.15) is 6.04 Å². The minimum atomic E-state index is -1.11. The van der Waals surface area contributed by atoms with Crippen LogP contribution in [0.1, 0.15) is 43.0 Å². The van der Waals surface area contributed by atoms with Crippen LogP contribution in [0.4, 0.5) is 4.79 Å². The largest absolute Gasteiger partial charge is 0.521 e. The molecule has 1 aliphatic heterocycles. The molecule has 2 atom stereocenters. The predicted octanol–water partition coefficient (Wildman–Crippen LogP) is 3.33. The van der Waals surface area contributed by atoms with Gasteiger partial charge in [-0.3, -0.25) is 4.79 Å². The maximum atomic E-state index is 12.6. The molecular weight excluding hydrogens is 308 g/mol. The number of hydrogen-bond acceptors (Lipinski definition) is 3. The number of aromatic amines is 1. The molecule has 2 N–H and O–H groups in total. The Morgan fingerprint density at radius 1 is 1.25 bits per heavy atom. The molecule has 24 heavy (non-hydrogen) atoms. The van der Waals surface area contributed by atoms with Crippen molar-refractivity contribution in [3.63, 3.8) is 0 Å². The van der Waals surface area contributed by atoms with E-state index in [1.807, 2.05) is 24.3 Å². The number of H-pyrrole nitrogens is 1. The lowest BCUT2D eigenvalue weighted by Crippen LogP contribution is -2.58. The molecule has 1 fully saturated rings. The maximum absolute atomic E-state index is 12.6. The zero-order valence-corrected chi connectivity index (χ0v) is 13.6. The van der Waals surface area contributed by atoms with Crippen LogP contribution in [0.25, 0.3) is 10.9 Å². The van der Waals surface area contributed by atoms with Gasteiger partial charge in [0.15, 0.2) is 5.78 Å². The molecule has 0 saturated carbocycles. The van der Waals surface area contributed by atoms with E-state index in [9.17, 15) is 19.5 Å². The number of ketones is 1. The van der Waals surface area contributed by atoms with Crippen molar-refractivity contribution in [1.82, 2.24) is 4.98 Å². The van der Waals surface area contributed by atoms with Gasteiger partial charge in [-0.1, -0.05) is 18.2 Å². The molecule has 6 nitrogen and oxygen atoms in total. The minimum Gasteiger partial charge on any atom is -0.435 e. The van der Waals surface area contributed by atoms with Gasteiger partial charge < -0.3 is 10.1 Å². The van der Waals surface area contributed by atoms with E-state index in [2.05, 4.69) is 4.98 Å². The lowest BCUT2D eigenvalue weighted by atomic mass is 10.0. The lowest BCUT2D eigenvalue weighted by Gasteiger charge is -2.29. The second-order valence-electron chi connectivity index (χ2n) is 6.43. The molecule has 0 radical (unpaired) electrons. The summed E-state index contributed by atoms with van der Waals surface area (Å²) in [4.78, 5) is 39.8. The molecule has 1 aromatic heterocycles. The Balaban J connectivity index is 1.74. The number of hydrogen-bond donors (Lipinski definition) is 2. The Labute approximate surface area is 139 Å². The number of fused-ring (bicyclic) bond motifs is 1. The molecule has 2 heterocycles.